The summed E-state index contributed by atoms with van der Waals surface area (Å²) in [4.78, 5) is 16.8. The minimum atomic E-state index is -5.23. The number of halogens is 10. The fourth-order valence-corrected chi connectivity index (χ4v) is 9.27. The van der Waals surface area contributed by atoms with Gasteiger partial charge in [-0.2, -0.15) is 41.6 Å². The molecule has 0 atom stereocenters. The number of nitrogens with two attached hydrogens (primary N) is 2. The van der Waals surface area contributed by atoms with Crippen LogP contribution in [0.25, 0.3) is 32.1 Å². The van der Waals surface area contributed by atoms with Crippen molar-refractivity contribution in [3.05, 3.63) is 58.8 Å². The molecular weight excluding hydrogens is 859 g/mol. The Morgan fingerprint density at radius 2 is 1.68 bits per heavy atom. The average molecular weight is 897 g/mol. The van der Waals surface area contributed by atoms with E-state index in [2.05, 4.69) is 19.9 Å². The highest BCUT2D eigenvalue weighted by molar-refractivity contribution is 7.23. The van der Waals surface area contributed by atoms with Gasteiger partial charge >= 0.3 is 18.4 Å². The Kier molecular flexibility index (Phi) is 10.8. The lowest BCUT2D eigenvalue weighted by atomic mass is 9.91. The quantitative estimate of drug-likeness (QED) is 0.145. The molecule has 2 aliphatic heterocycles. The van der Waals surface area contributed by atoms with Crippen LogP contribution < -0.4 is 25.8 Å². The third-order valence-corrected chi connectivity index (χ3v) is 13.2. The van der Waals surface area contributed by atoms with Crippen molar-refractivity contribution in [3.63, 3.8) is 0 Å². The molecule has 9 rings (SSSR count). The first-order chi connectivity index (χ1) is 29.2. The summed E-state index contributed by atoms with van der Waals surface area (Å²) in [5.74, 6) is -5.55. The van der Waals surface area contributed by atoms with E-state index in [1.807, 2.05) is 6.07 Å². The fraction of sp³-hybridized carbons (Fsp3) is 0.463. The molecule has 21 heteroatoms. The first-order valence-electron chi connectivity index (χ1n) is 19.6. The molecule has 4 N–H and O–H groups in total. The Morgan fingerprint density at radius 3 is 2.27 bits per heavy atom. The molecule has 10 nitrogen and oxygen atoms in total. The van der Waals surface area contributed by atoms with Gasteiger partial charge in [-0.25, -0.2) is 22.5 Å². The normalized spacial score (nSPS) is 18.8. The predicted octanol–water partition coefficient (Wildman–Crippen LogP) is 9.88. The summed E-state index contributed by atoms with van der Waals surface area (Å²) >= 11 is 0.664. The Labute approximate surface area is 351 Å². The van der Waals surface area contributed by atoms with Crippen LogP contribution in [-0.2, 0) is 12.7 Å². The number of rotatable bonds is 8. The summed E-state index contributed by atoms with van der Waals surface area (Å²) in [6.45, 7) is 2.51. The molecule has 62 heavy (non-hydrogen) atoms. The van der Waals surface area contributed by atoms with Crippen molar-refractivity contribution in [2.45, 2.75) is 70.3 Å². The minimum Gasteiger partial charge on any atom is -0.490 e. The number of anilines is 3. The molecule has 3 fully saturated rings. The summed E-state index contributed by atoms with van der Waals surface area (Å²) in [5.41, 5.74) is 7.67. The molecule has 0 bridgehead atoms. The Balaban J connectivity index is 0.000000825. The van der Waals surface area contributed by atoms with E-state index in [1.54, 1.807) is 17.0 Å². The third kappa shape index (κ3) is 7.95. The summed E-state index contributed by atoms with van der Waals surface area (Å²) in [6.07, 6.45) is -6.14. The number of ether oxygens (including phenoxy) is 2. The van der Waals surface area contributed by atoms with E-state index in [1.165, 1.54) is 6.20 Å². The minimum absolute atomic E-state index is 0.0104. The number of nitrogen functional groups attached to an aromatic ring is 2. The molecular formula is C41H38F10N8O2S. The number of hydrogen-bond donors (Lipinski definition) is 2. The number of aromatic nitrogens is 3. The number of pyridine rings is 1. The summed E-state index contributed by atoms with van der Waals surface area (Å²) in [7, 11) is 0. The predicted molar refractivity (Wildman–Crippen MR) is 211 cm³/mol. The number of alkyl halides is 8. The van der Waals surface area contributed by atoms with Crippen LogP contribution in [0.3, 0.4) is 0 Å². The zero-order valence-electron chi connectivity index (χ0n) is 32.9. The van der Waals surface area contributed by atoms with E-state index in [0.29, 0.717) is 49.4 Å². The second kappa shape index (κ2) is 15.5. The van der Waals surface area contributed by atoms with Crippen molar-refractivity contribution in [1.82, 2.24) is 19.9 Å². The van der Waals surface area contributed by atoms with Gasteiger partial charge in [0.1, 0.15) is 52.0 Å². The lowest BCUT2D eigenvalue weighted by molar-refractivity contribution is -0.138. The average Bonchev–Trinajstić information content (AvgIpc) is 4.07. The molecule has 1 spiro atoms. The van der Waals surface area contributed by atoms with E-state index < -0.39 is 69.7 Å². The van der Waals surface area contributed by atoms with Crippen molar-refractivity contribution in [2.75, 3.05) is 55.8 Å². The monoisotopic (exact) mass is 896 g/mol. The van der Waals surface area contributed by atoms with E-state index in [9.17, 15) is 27.2 Å². The molecule has 2 aliphatic carbocycles. The van der Waals surface area contributed by atoms with Gasteiger partial charge in [0.2, 0.25) is 0 Å². The molecule has 3 aromatic heterocycles. The maximum absolute atomic E-state index is 17.4. The molecule has 2 aromatic carbocycles. The summed E-state index contributed by atoms with van der Waals surface area (Å²) in [5, 5.41) is 9.15. The molecule has 330 valence electrons. The van der Waals surface area contributed by atoms with Crippen molar-refractivity contribution < 1.29 is 53.4 Å². The van der Waals surface area contributed by atoms with Crippen LogP contribution in [0.5, 0.6) is 11.8 Å². The second-order valence-electron chi connectivity index (χ2n) is 16.2. The first kappa shape index (κ1) is 43.3. The summed E-state index contributed by atoms with van der Waals surface area (Å²) in [6, 6.07) is 6.73. The van der Waals surface area contributed by atoms with Gasteiger partial charge in [0.15, 0.2) is 5.82 Å². The van der Waals surface area contributed by atoms with Crippen LogP contribution >= 0.6 is 11.3 Å². The van der Waals surface area contributed by atoms with Gasteiger partial charge in [0.25, 0.3) is 5.92 Å². The number of nitriles is 1. The fourth-order valence-electron chi connectivity index (χ4n) is 8.32. The second-order valence-corrected chi connectivity index (χ2v) is 17.3. The molecule has 2 saturated carbocycles. The molecule has 0 amide bonds. The summed E-state index contributed by atoms with van der Waals surface area (Å²) < 4.78 is 151. The standard InChI is InChI=1S/C38H33F7N8O2S.C3H5F3/c39-22-4-3-20(23-21(14-46)32(48)56-30(22)23)24-26(38(43,44)45)29-25-28(27(24)40)50-34(51-33(25)53(12-13-54-29)15-19-2-1-9-49-31(19)47)55-18-35(5-6-35)17-52-10-7-36(8-11-52)16-37(36,41)42;1-2-3(4,5)6/h1-4,9H,5-8,10-13,15-18,48H2,(H2,47,49);2H2,1H3. The van der Waals surface area contributed by atoms with Crippen LogP contribution in [0, 0.1) is 33.8 Å². The Hall–Kier alpha value is -5.36. The molecule has 0 radical (unpaired) electrons. The number of fused-ring (bicyclic) bond motifs is 1. The molecule has 4 aliphatic rings. The van der Waals surface area contributed by atoms with Crippen LogP contribution in [0.2, 0.25) is 0 Å². The zero-order valence-corrected chi connectivity index (χ0v) is 33.7. The third-order valence-electron chi connectivity index (χ3n) is 12.1. The van der Waals surface area contributed by atoms with E-state index in [-0.39, 0.29) is 81.8 Å². The highest BCUT2D eigenvalue weighted by atomic mass is 32.1. The van der Waals surface area contributed by atoms with Gasteiger partial charge in [-0.1, -0.05) is 19.1 Å². The molecule has 1 saturated heterocycles. The number of hydrogen-bond acceptors (Lipinski definition) is 11. The van der Waals surface area contributed by atoms with Crippen molar-refractivity contribution in [3.8, 4) is 29.0 Å². The van der Waals surface area contributed by atoms with Crippen LogP contribution in [0.15, 0.2) is 30.5 Å². The lowest BCUT2D eigenvalue weighted by Gasteiger charge is -2.34. The molecule has 0 unspecified atom stereocenters. The van der Waals surface area contributed by atoms with E-state index >= 15 is 22.0 Å². The van der Waals surface area contributed by atoms with Gasteiger partial charge < -0.3 is 30.7 Å². The zero-order chi connectivity index (χ0) is 44.6. The van der Waals surface area contributed by atoms with Crippen LogP contribution in [0.4, 0.5) is 60.5 Å². The van der Waals surface area contributed by atoms with Gasteiger partial charge in [-0.3, -0.25) is 0 Å². The maximum atomic E-state index is 17.4. The molecule has 5 heterocycles. The van der Waals surface area contributed by atoms with Gasteiger partial charge in [0, 0.05) is 59.5 Å². The van der Waals surface area contributed by atoms with Gasteiger partial charge in [0.05, 0.1) is 28.8 Å². The Bertz CT molecular complexity index is 2600. The van der Waals surface area contributed by atoms with Crippen molar-refractivity contribution in [2.24, 2.45) is 10.8 Å². The van der Waals surface area contributed by atoms with Crippen LogP contribution in [0.1, 0.15) is 62.1 Å². The largest absolute Gasteiger partial charge is 0.490 e. The SMILES string of the molecule is CCC(F)(F)F.N#Cc1c(N)sc2c(F)ccc(-c3c(C(F)(F)F)c4c5c(nc(OCC6(CN7CCC8(CC7)CC8(F)F)CC6)nc5c3F)N(Cc3cccnc3N)CCO4)c12. The van der Waals surface area contributed by atoms with Crippen molar-refractivity contribution in [1.29, 1.82) is 5.26 Å². The maximum Gasteiger partial charge on any atom is 0.420 e. The molecule has 5 aromatic rings. The highest BCUT2D eigenvalue weighted by Gasteiger charge is 2.70. The smallest absolute Gasteiger partial charge is 0.420 e. The number of nitrogens with zero attached hydrogens (tertiary/aromatic N) is 6. The van der Waals surface area contributed by atoms with E-state index in [0.717, 1.165) is 31.9 Å². The number of thiophene rings is 1. The van der Waals surface area contributed by atoms with Gasteiger partial charge in [-0.05, 0) is 56.5 Å². The number of piperidine rings is 1. The van der Waals surface area contributed by atoms with Crippen LogP contribution in [-0.4, -0.2) is 71.3 Å². The van der Waals surface area contributed by atoms with Gasteiger partial charge in [-0.15, -0.1) is 11.3 Å². The van der Waals surface area contributed by atoms with Crippen molar-refractivity contribution >= 4 is 49.0 Å². The number of benzene rings is 2. The van der Waals surface area contributed by atoms with E-state index in [4.69, 9.17) is 20.9 Å². The topological polar surface area (TPSA) is 139 Å². The number of likely N-dealkylation sites (tertiary alicyclic amines) is 1. The lowest BCUT2D eigenvalue weighted by Crippen LogP contribution is -2.41. The first-order valence-corrected chi connectivity index (χ1v) is 20.4. The Morgan fingerprint density at radius 1 is 0.984 bits per heavy atom. The highest BCUT2D eigenvalue weighted by Crippen LogP contribution is 2.66.